The highest BCUT2D eigenvalue weighted by Gasteiger charge is 2.02. The second kappa shape index (κ2) is 2.62. The molecule has 0 spiro atoms. The average Bonchev–Trinajstić information content (AvgIpc) is 2.59. The number of aromatic amines is 2. The molecule has 3 rings (SSSR count). The van der Waals surface area contributed by atoms with E-state index in [0.29, 0.717) is 4.64 Å². The van der Waals surface area contributed by atoms with E-state index in [1.54, 1.807) is 6.20 Å². The first-order chi connectivity index (χ1) is 6.84. The zero-order valence-corrected chi connectivity index (χ0v) is 7.93. The smallest absolute Gasteiger partial charge is 0.127 e. The van der Waals surface area contributed by atoms with Gasteiger partial charge < -0.3 is 0 Å². The average molecular weight is 202 g/mol. The van der Waals surface area contributed by atoms with Crippen LogP contribution >= 0.6 is 12.2 Å². The summed E-state index contributed by atoms with van der Waals surface area (Å²) in [6.45, 7) is 0. The molecule has 2 heterocycles. The van der Waals surface area contributed by atoms with Gasteiger partial charge >= 0.3 is 0 Å². The second-order valence-electron chi connectivity index (χ2n) is 3.05. The van der Waals surface area contributed by atoms with Crippen molar-refractivity contribution in [3.8, 4) is 0 Å². The zero-order valence-electron chi connectivity index (χ0n) is 7.11. The van der Waals surface area contributed by atoms with Gasteiger partial charge in [-0.25, -0.2) is 10.2 Å². The van der Waals surface area contributed by atoms with E-state index in [9.17, 15) is 0 Å². The minimum Gasteiger partial charge on any atom is -0.284 e. The minimum absolute atomic E-state index is 0.625. The van der Waals surface area contributed by atoms with Crippen molar-refractivity contribution < 1.29 is 0 Å². The summed E-state index contributed by atoms with van der Waals surface area (Å²) in [5.74, 6) is 0. The lowest BCUT2D eigenvalue weighted by atomic mass is 10.2. The van der Waals surface area contributed by atoms with Gasteiger partial charge in [0.15, 0.2) is 0 Å². The molecule has 0 unspecified atom stereocenters. The van der Waals surface area contributed by atoms with Gasteiger partial charge in [0, 0.05) is 10.8 Å². The van der Waals surface area contributed by atoms with Crippen LogP contribution in [0, 0.1) is 4.64 Å². The maximum Gasteiger partial charge on any atom is 0.127 e. The number of fused-ring (bicyclic) bond motifs is 3. The molecule has 0 aliphatic carbocycles. The van der Waals surface area contributed by atoms with E-state index in [-0.39, 0.29) is 0 Å². The van der Waals surface area contributed by atoms with Gasteiger partial charge in [-0.3, -0.25) is 5.10 Å². The van der Waals surface area contributed by atoms with Crippen LogP contribution in [0.2, 0.25) is 0 Å². The van der Waals surface area contributed by atoms with Crippen LogP contribution in [0.25, 0.3) is 21.8 Å². The second-order valence-corrected chi connectivity index (χ2v) is 3.47. The molecule has 5 heteroatoms. The van der Waals surface area contributed by atoms with Crippen LogP contribution in [0.3, 0.4) is 0 Å². The molecule has 1 aromatic carbocycles. The summed E-state index contributed by atoms with van der Waals surface area (Å²) in [7, 11) is 0. The van der Waals surface area contributed by atoms with Gasteiger partial charge in [-0.15, -0.1) is 0 Å². The lowest BCUT2D eigenvalue weighted by Gasteiger charge is -1.97. The van der Waals surface area contributed by atoms with E-state index in [0.717, 1.165) is 21.8 Å². The van der Waals surface area contributed by atoms with Crippen LogP contribution in [0.15, 0.2) is 24.4 Å². The minimum atomic E-state index is 0.625. The molecule has 2 N–H and O–H groups in total. The third kappa shape index (κ3) is 0.958. The van der Waals surface area contributed by atoms with Gasteiger partial charge in [-0.1, -0.05) is 18.3 Å². The third-order valence-electron chi connectivity index (χ3n) is 2.20. The van der Waals surface area contributed by atoms with Crippen LogP contribution in [0.4, 0.5) is 0 Å². The summed E-state index contributed by atoms with van der Waals surface area (Å²) in [4.78, 5) is 4.28. The predicted octanol–water partition coefficient (Wildman–Crippen LogP) is 2.17. The molecular weight excluding hydrogens is 196 g/mol. The molecule has 0 radical (unpaired) electrons. The highest BCUT2D eigenvalue weighted by molar-refractivity contribution is 7.71. The van der Waals surface area contributed by atoms with Crippen molar-refractivity contribution in [2.24, 2.45) is 0 Å². The number of H-pyrrole nitrogens is 2. The van der Waals surface area contributed by atoms with E-state index in [2.05, 4.69) is 20.4 Å². The summed E-state index contributed by atoms with van der Waals surface area (Å²) >= 11 is 5.03. The molecule has 0 amide bonds. The van der Waals surface area contributed by atoms with E-state index >= 15 is 0 Å². The number of nitrogens with one attached hydrogen (secondary N) is 2. The van der Waals surface area contributed by atoms with Gasteiger partial charge in [-0.2, -0.15) is 5.10 Å². The van der Waals surface area contributed by atoms with Crippen molar-refractivity contribution in [2.45, 2.75) is 0 Å². The Labute approximate surface area is 84.0 Å². The molecule has 0 bridgehead atoms. The first-order valence-electron chi connectivity index (χ1n) is 4.16. The fraction of sp³-hybridized carbons (Fsp3) is 0. The van der Waals surface area contributed by atoms with Crippen LogP contribution in [-0.4, -0.2) is 20.4 Å². The standard InChI is InChI=1S/C9H6N4S/c14-8-3-5-1-2-7-6(9(5)11-8)4-10-13-12-7/h1-4,12-13H. The Morgan fingerprint density at radius 1 is 1.29 bits per heavy atom. The van der Waals surface area contributed by atoms with E-state index in [1.165, 1.54) is 0 Å². The highest BCUT2D eigenvalue weighted by atomic mass is 32.1. The first kappa shape index (κ1) is 7.64. The lowest BCUT2D eigenvalue weighted by Crippen LogP contribution is -1.87. The SMILES string of the molecule is S=c1cc2ccc3[nH][nH]ncc3c2n1. The predicted molar refractivity (Wildman–Crippen MR) is 56.6 cm³/mol. The Morgan fingerprint density at radius 3 is 3.14 bits per heavy atom. The Bertz CT molecular complexity index is 667. The number of aromatic nitrogens is 4. The molecule has 0 atom stereocenters. The number of hydrogen-bond donors (Lipinski definition) is 2. The number of rotatable bonds is 0. The van der Waals surface area contributed by atoms with Gasteiger partial charge in [0.1, 0.15) is 4.64 Å². The van der Waals surface area contributed by atoms with Crippen molar-refractivity contribution in [1.82, 2.24) is 20.4 Å². The van der Waals surface area contributed by atoms with Crippen molar-refractivity contribution >= 4 is 34.0 Å². The molecule has 0 aliphatic rings. The van der Waals surface area contributed by atoms with Crippen molar-refractivity contribution in [1.29, 1.82) is 0 Å². The van der Waals surface area contributed by atoms with Crippen molar-refractivity contribution in [3.05, 3.63) is 29.0 Å². The maximum atomic E-state index is 5.03. The summed E-state index contributed by atoms with van der Waals surface area (Å²) in [5, 5.41) is 11.6. The molecule has 2 aromatic heterocycles. The summed E-state index contributed by atoms with van der Waals surface area (Å²) in [6, 6.07) is 5.86. The highest BCUT2D eigenvalue weighted by Crippen LogP contribution is 2.21. The Kier molecular flexibility index (Phi) is 1.43. The molecule has 3 aromatic rings. The quantitative estimate of drug-likeness (QED) is 0.549. The van der Waals surface area contributed by atoms with Crippen LogP contribution in [-0.2, 0) is 0 Å². The van der Waals surface area contributed by atoms with Gasteiger partial charge in [-0.05, 0) is 12.1 Å². The Morgan fingerprint density at radius 2 is 2.21 bits per heavy atom. The number of hydrogen-bond acceptors (Lipinski definition) is 3. The molecule has 0 aliphatic heterocycles. The Hall–Kier alpha value is -1.75. The third-order valence-corrected chi connectivity index (χ3v) is 2.41. The lowest BCUT2D eigenvalue weighted by molar-refractivity contribution is 0.896. The van der Waals surface area contributed by atoms with Crippen molar-refractivity contribution in [2.75, 3.05) is 0 Å². The molecule has 14 heavy (non-hydrogen) atoms. The van der Waals surface area contributed by atoms with Gasteiger partial charge in [0.05, 0.1) is 17.2 Å². The topological polar surface area (TPSA) is 57.4 Å². The summed E-state index contributed by atoms with van der Waals surface area (Å²) < 4.78 is 0.625. The van der Waals surface area contributed by atoms with Crippen LogP contribution < -0.4 is 0 Å². The van der Waals surface area contributed by atoms with E-state index in [4.69, 9.17) is 12.2 Å². The van der Waals surface area contributed by atoms with E-state index < -0.39 is 0 Å². The molecule has 4 nitrogen and oxygen atoms in total. The number of benzene rings is 1. The van der Waals surface area contributed by atoms with Gasteiger partial charge in [0.2, 0.25) is 0 Å². The van der Waals surface area contributed by atoms with E-state index in [1.807, 2.05) is 18.2 Å². The molecule has 68 valence electrons. The first-order valence-corrected chi connectivity index (χ1v) is 4.57. The zero-order chi connectivity index (χ0) is 9.54. The molecule has 0 saturated carbocycles. The normalized spacial score (nSPS) is 11.1. The number of nitrogens with zero attached hydrogens (tertiary/aromatic N) is 2. The molecular formula is C9H6N4S. The van der Waals surface area contributed by atoms with Crippen LogP contribution in [0.5, 0.6) is 0 Å². The van der Waals surface area contributed by atoms with Gasteiger partial charge in [0.25, 0.3) is 0 Å². The van der Waals surface area contributed by atoms with Crippen molar-refractivity contribution in [3.63, 3.8) is 0 Å². The fourth-order valence-electron chi connectivity index (χ4n) is 1.57. The fourth-order valence-corrected chi connectivity index (χ4v) is 1.79. The summed E-state index contributed by atoms with van der Waals surface area (Å²) in [6.07, 6.45) is 1.75. The maximum absolute atomic E-state index is 5.03. The largest absolute Gasteiger partial charge is 0.284 e. The molecule has 0 fully saturated rings. The van der Waals surface area contributed by atoms with Crippen LogP contribution in [0.1, 0.15) is 0 Å². The summed E-state index contributed by atoms with van der Waals surface area (Å²) in [5.41, 5.74) is 1.88. The monoisotopic (exact) mass is 202 g/mol. The molecule has 0 saturated heterocycles. The Balaban J connectivity index is 2.66.